The molecule has 20 heavy (non-hydrogen) atoms. The smallest absolute Gasteiger partial charge is 0.335 e. The molecule has 2 aromatic rings. The highest BCUT2D eigenvalue weighted by molar-refractivity contribution is 7.98. The van der Waals surface area contributed by atoms with Gasteiger partial charge >= 0.3 is 5.97 Å². The summed E-state index contributed by atoms with van der Waals surface area (Å²) in [5.41, 5.74) is 1.26. The van der Waals surface area contributed by atoms with Gasteiger partial charge in [-0.05, 0) is 41.5 Å². The van der Waals surface area contributed by atoms with Gasteiger partial charge in [-0.1, -0.05) is 12.1 Å². The summed E-state index contributed by atoms with van der Waals surface area (Å²) in [5, 5.41) is 17.8. The van der Waals surface area contributed by atoms with Crippen molar-refractivity contribution >= 4 is 17.7 Å². The third kappa shape index (κ3) is 3.59. The molecule has 3 nitrogen and oxygen atoms in total. The maximum absolute atomic E-state index is 13.6. The maximum atomic E-state index is 13.6. The van der Waals surface area contributed by atoms with Gasteiger partial charge in [0.1, 0.15) is 5.82 Å². The maximum Gasteiger partial charge on any atom is 0.335 e. The number of rotatable bonds is 5. The van der Waals surface area contributed by atoms with Crippen molar-refractivity contribution in [3.63, 3.8) is 0 Å². The van der Waals surface area contributed by atoms with Gasteiger partial charge in [0, 0.05) is 10.6 Å². The third-order valence-corrected chi connectivity index (χ3v) is 3.85. The molecular weight excluding hydrogens is 279 g/mol. The fourth-order valence-corrected chi connectivity index (χ4v) is 2.54. The second-order valence-electron chi connectivity index (χ2n) is 4.20. The van der Waals surface area contributed by atoms with Crippen molar-refractivity contribution in [1.29, 1.82) is 0 Å². The second kappa shape index (κ2) is 6.54. The van der Waals surface area contributed by atoms with Gasteiger partial charge in [0.15, 0.2) is 0 Å². The highest BCUT2D eigenvalue weighted by Gasteiger charge is 2.08. The number of aromatic carboxylic acids is 1. The standard InChI is InChI=1S/C15H13FO3S/c16-14-6-3-11(15(18)19)7-12(14)9-20-13-4-1-10(8-17)2-5-13/h1-7,17H,8-9H2,(H,18,19). The first-order valence-corrected chi connectivity index (χ1v) is 6.93. The normalized spacial score (nSPS) is 10.5. The topological polar surface area (TPSA) is 57.5 Å². The lowest BCUT2D eigenvalue weighted by atomic mass is 10.1. The van der Waals surface area contributed by atoms with E-state index in [-0.39, 0.29) is 12.2 Å². The van der Waals surface area contributed by atoms with Gasteiger partial charge in [-0.25, -0.2) is 9.18 Å². The van der Waals surface area contributed by atoms with Gasteiger partial charge in [0.05, 0.1) is 12.2 Å². The lowest BCUT2D eigenvalue weighted by Crippen LogP contribution is -1.99. The molecule has 2 rings (SSSR count). The van der Waals surface area contributed by atoms with Crippen molar-refractivity contribution in [3.8, 4) is 0 Å². The molecule has 0 heterocycles. The zero-order chi connectivity index (χ0) is 14.5. The molecule has 0 aliphatic rings. The van der Waals surface area contributed by atoms with Crippen molar-refractivity contribution in [2.45, 2.75) is 17.3 Å². The fourth-order valence-electron chi connectivity index (χ4n) is 1.67. The van der Waals surface area contributed by atoms with Crippen LogP contribution in [0.15, 0.2) is 47.4 Å². The molecule has 104 valence electrons. The van der Waals surface area contributed by atoms with Crippen LogP contribution in [0.3, 0.4) is 0 Å². The fraction of sp³-hybridized carbons (Fsp3) is 0.133. The summed E-state index contributed by atoms with van der Waals surface area (Å²) in [7, 11) is 0. The predicted octanol–water partition coefficient (Wildman–Crippen LogP) is 3.31. The Labute approximate surface area is 120 Å². The molecule has 0 saturated heterocycles. The van der Waals surface area contributed by atoms with Crippen LogP contribution in [-0.4, -0.2) is 16.2 Å². The van der Waals surface area contributed by atoms with Crippen molar-refractivity contribution in [2.24, 2.45) is 0 Å². The van der Waals surface area contributed by atoms with E-state index in [9.17, 15) is 9.18 Å². The number of hydrogen-bond donors (Lipinski definition) is 2. The quantitative estimate of drug-likeness (QED) is 0.830. The summed E-state index contributed by atoms with van der Waals surface area (Å²) in [6.45, 7) is -0.0137. The molecule has 0 atom stereocenters. The lowest BCUT2D eigenvalue weighted by molar-refractivity contribution is 0.0696. The Morgan fingerprint density at radius 1 is 1.15 bits per heavy atom. The molecular formula is C15H13FO3S. The number of carboxylic acids is 1. The van der Waals surface area contributed by atoms with E-state index < -0.39 is 11.8 Å². The molecule has 0 aromatic heterocycles. The zero-order valence-electron chi connectivity index (χ0n) is 10.5. The Kier molecular flexibility index (Phi) is 4.76. The molecule has 2 N–H and O–H groups in total. The average Bonchev–Trinajstić information content (AvgIpc) is 2.46. The molecule has 0 aliphatic carbocycles. The minimum atomic E-state index is -1.07. The van der Waals surface area contributed by atoms with Crippen LogP contribution in [0.4, 0.5) is 4.39 Å². The van der Waals surface area contributed by atoms with Crippen LogP contribution in [0.5, 0.6) is 0 Å². The zero-order valence-corrected chi connectivity index (χ0v) is 11.4. The predicted molar refractivity (Wildman–Crippen MR) is 75.3 cm³/mol. The van der Waals surface area contributed by atoms with E-state index in [0.29, 0.717) is 11.3 Å². The Bertz CT molecular complexity index is 611. The first kappa shape index (κ1) is 14.6. The largest absolute Gasteiger partial charge is 0.478 e. The summed E-state index contributed by atoms with van der Waals surface area (Å²) in [6, 6.07) is 11.1. The minimum absolute atomic E-state index is 0.0137. The Balaban J connectivity index is 2.09. The summed E-state index contributed by atoms with van der Waals surface area (Å²) in [6.07, 6.45) is 0. The summed E-state index contributed by atoms with van der Waals surface area (Å²) >= 11 is 1.41. The van der Waals surface area contributed by atoms with Crippen LogP contribution in [0.2, 0.25) is 0 Å². The van der Waals surface area contributed by atoms with Gasteiger partial charge < -0.3 is 10.2 Å². The van der Waals surface area contributed by atoms with Gasteiger partial charge in [0.25, 0.3) is 0 Å². The van der Waals surface area contributed by atoms with Crippen LogP contribution in [-0.2, 0) is 12.4 Å². The minimum Gasteiger partial charge on any atom is -0.478 e. The number of carboxylic acid groups (broad SMARTS) is 1. The molecule has 0 radical (unpaired) electrons. The number of aliphatic hydroxyl groups excluding tert-OH is 1. The van der Waals surface area contributed by atoms with Crippen LogP contribution >= 0.6 is 11.8 Å². The van der Waals surface area contributed by atoms with Crippen molar-refractivity contribution < 1.29 is 19.4 Å². The highest BCUT2D eigenvalue weighted by atomic mass is 32.2. The van der Waals surface area contributed by atoms with Gasteiger partial charge in [0.2, 0.25) is 0 Å². The molecule has 0 amide bonds. The molecule has 5 heteroatoms. The van der Waals surface area contributed by atoms with E-state index in [1.165, 1.54) is 30.0 Å². The molecule has 0 fully saturated rings. The van der Waals surface area contributed by atoms with E-state index in [1.807, 2.05) is 12.1 Å². The van der Waals surface area contributed by atoms with Gasteiger partial charge in [-0.3, -0.25) is 0 Å². The number of carbonyl (C=O) groups is 1. The van der Waals surface area contributed by atoms with Crippen LogP contribution in [0.25, 0.3) is 0 Å². The Hall–Kier alpha value is -1.85. The van der Waals surface area contributed by atoms with E-state index in [1.54, 1.807) is 12.1 Å². The van der Waals surface area contributed by atoms with Crippen molar-refractivity contribution in [1.82, 2.24) is 0 Å². The van der Waals surface area contributed by atoms with E-state index in [2.05, 4.69) is 0 Å². The molecule has 0 aliphatic heterocycles. The molecule has 0 saturated carbocycles. The van der Waals surface area contributed by atoms with E-state index >= 15 is 0 Å². The van der Waals surface area contributed by atoms with Crippen LogP contribution in [0.1, 0.15) is 21.5 Å². The number of halogens is 1. The number of aliphatic hydroxyl groups is 1. The molecule has 0 unspecified atom stereocenters. The number of benzene rings is 2. The van der Waals surface area contributed by atoms with Crippen LogP contribution < -0.4 is 0 Å². The van der Waals surface area contributed by atoms with Crippen LogP contribution in [0, 0.1) is 5.82 Å². The average molecular weight is 292 g/mol. The SMILES string of the molecule is O=C(O)c1ccc(F)c(CSc2ccc(CO)cc2)c1. The number of thioether (sulfide) groups is 1. The lowest BCUT2D eigenvalue weighted by Gasteiger charge is -2.05. The first-order valence-electron chi connectivity index (χ1n) is 5.94. The monoisotopic (exact) mass is 292 g/mol. The van der Waals surface area contributed by atoms with Gasteiger partial charge in [-0.2, -0.15) is 0 Å². The van der Waals surface area contributed by atoms with Crippen molar-refractivity contribution in [2.75, 3.05) is 0 Å². The highest BCUT2D eigenvalue weighted by Crippen LogP contribution is 2.25. The molecule has 0 bridgehead atoms. The first-order chi connectivity index (χ1) is 9.60. The summed E-state index contributed by atoms with van der Waals surface area (Å²) in [5.74, 6) is -1.12. The van der Waals surface area contributed by atoms with Crippen molar-refractivity contribution in [3.05, 3.63) is 65.0 Å². The third-order valence-electron chi connectivity index (χ3n) is 2.79. The summed E-state index contributed by atoms with van der Waals surface area (Å²) in [4.78, 5) is 11.8. The Morgan fingerprint density at radius 3 is 2.45 bits per heavy atom. The number of hydrogen-bond acceptors (Lipinski definition) is 3. The summed E-state index contributed by atoms with van der Waals surface area (Å²) < 4.78 is 13.6. The molecule has 2 aromatic carbocycles. The second-order valence-corrected chi connectivity index (χ2v) is 5.25. The van der Waals surface area contributed by atoms with Gasteiger partial charge in [-0.15, -0.1) is 11.8 Å². The Morgan fingerprint density at radius 2 is 1.85 bits per heavy atom. The van der Waals surface area contributed by atoms with E-state index in [0.717, 1.165) is 10.5 Å². The van der Waals surface area contributed by atoms with E-state index in [4.69, 9.17) is 10.2 Å². The molecule has 0 spiro atoms.